The normalized spacial score (nSPS) is 12.9. The maximum atomic E-state index is 13.0. The van der Waals surface area contributed by atoms with Crippen molar-refractivity contribution in [2.24, 2.45) is 5.73 Å². The molecule has 0 aliphatic heterocycles. The van der Waals surface area contributed by atoms with Gasteiger partial charge >= 0.3 is 0 Å². The van der Waals surface area contributed by atoms with Crippen LogP contribution in [-0.4, -0.2) is 33.1 Å². The van der Waals surface area contributed by atoms with Gasteiger partial charge in [-0.3, -0.25) is 9.59 Å². The van der Waals surface area contributed by atoms with E-state index in [2.05, 4.69) is 21.2 Å². The van der Waals surface area contributed by atoms with Gasteiger partial charge in [0.2, 0.25) is 5.75 Å². The fourth-order valence-corrected chi connectivity index (χ4v) is 5.30. The Morgan fingerprint density at radius 1 is 1.11 bits per heavy atom. The number of ether oxygens (including phenoxy) is 3. The van der Waals surface area contributed by atoms with E-state index in [0.717, 1.165) is 36.1 Å². The summed E-state index contributed by atoms with van der Waals surface area (Å²) in [5.41, 5.74) is 7.27. The maximum absolute atomic E-state index is 13.0. The highest BCUT2D eigenvalue weighted by atomic mass is 79.9. The van der Waals surface area contributed by atoms with Crippen LogP contribution in [0.25, 0.3) is 0 Å². The number of amides is 2. The zero-order chi connectivity index (χ0) is 20.4. The maximum Gasteiger partial charge on any atom is 0.257 e. The molecule has 0 saturated heterocycles. The number of anilines is 1. The third-order valence-corrected chi connectivity index (χ3v) is 6.65. The molecular weight excluding hydrogens is 448 g/mol. The Balaban J connectivity index is 2.03. The minimum Gasteiger partial charge on any atom is -0.493 e. The van der Waals surface area contributed by atoms with Crippen molar-refractivity contribution in [3.63, 3.8) is 0 Å². The molecule has 3 N–H and O–H groups in total. The summed E-state index contributed by atoms with van der Waals surface area (Å²) in [5.74, 6) is 0.129. The molecule has 0 saturated carbocycles. The molecule has 7 nitrogen and oxygen atoms in total. The minimum absolute atomic E-state index is 0.288. The van der Waals surface area contributed by atoms with Gasteiger partial charge in [-0.05, 0) is 53.2 Å². The number of halogens is 1. The lowest BCUT2D eigenvalue weighted by molar-refractivity contribution is 0.100. The minimum atomic E-state index is -0.529. The van der Waals surface area contributed by atoms with Gasteiger partial charge in [0.25, 0.3) is 11.8 Å². The van der Waals surface area contributed by atoms with Crippen LogP contribution in [0, 0.1) is 0 Å². The molecule has 1 aromatic heterocycles. The highest BCUT2D eigenvalue weighted by Gasteiger charge is 2.27. The number of carbonyl (C=O) groups excluding carboxylic acids is 2. The van der Waals surface area contributed by atoms with Crippen molar-refractivity contribution in [2.45, 2.75) is 25.7 Å². The molecule has 1 aliphatic rings. The fourth-order valence-electron chi connectivity index (χ4n) is 3.37. The Hall–Kier alpha value is -2.26. The first kappa shape index (κ1) is 20.5. The van der Waals surface area contributed by atoms with E-state index < -0.39 is 11.8 Å². The first-order valence-corrected chi connectivity index (χ1v) is 10.3. The molecule has 1 aliphatic carbocycles. The molecule has 0 bridgehead atoms. The van der Waals surface area contributed by atoms with Crippen molar-refractivity contribution in [1.29, 1.82) is 0 Å². The van der Waals surface area contributed by atoms with Gasteiger partial charge in [0.1, 0.15) is 5.00 Å². The number of hydrogen-bond donors (Lipinski definition) is 2. The highest BCUT2D eigenvalue weighted by molar-refractivity contribution is 9.10. The van der Waals surface area contributed by atoms with Crippen molar-refractivity contribution >= 4 is 44.1 Å². The standard InChI is InChI=1S/C19H21BrN2O5S/c1-25-11-8-10(14(20)16(27-3)15(11)26-2)18(24)22-19-13(17(21)23)9-6-4-5-7-12(9)28-19/h8H,4-7H2,1-3H3,(H2,21,23)(H,22,24). The van der Waals surface area contributed by atoms with E-state index in [-0.39, 0.29) is 5.56 Å². The summed E-state index contributed by atoms with van der Waals surface area (Å²) in [5, 5.41) is 3.32. The van der Waals surface area contributed by atoms with Gasteiger partial charge in [-0.1, -0.05) is 0 Å². The number of thiophene rings is 1. The van der Waals surface area contributed by atoms with E-state index in [0.29, 0.717) is 32.3 Å². The average Bonchev–Trinajstić information content (AvgIpc) is 3.05. The van der Waals surface area contributed by atoms with Crippen LogP contribution in [0.4, 0.5) is 5.00 Å². The predicted octanol–water partition coefficient (Wildman–Crippen LogP) is 3.77. The average molecular weight is 469 g/mol. The van der Waals surface area contributed by atoms with Crippen LogP contribution in [0.1, 0.15) is 44.0 Å². The summed E-state index contributed by atoms with van der Waals surface area (Å²) in [6.45, 7) is 0. The smallest absolute Gasteiger partial charge is 0.257 e. The Kier molecular flexibility index (Phi) is 6.14. The summed E-state index contributed by atoms with van der Waals surface area (Å²) in [4.78, 5) is 26.2. The molecule has 2 amide bonds. The molecule has 0 atom stereocenters. The number of carbonyl (C=O) groups is 2. The van der Waals surface area contributed by atoms with E-state index in [9.17, 15) is 9.59 Å². The molecule has 0 unspecified atom stereocenters. The molecule has 0 spiro atoms. The molecule has 9 heteroatoms. The van der Waals surface area contributed by atoms with Gasteiger partial charge in [0.15, 0.2) is 11.5 Å². The van der Waals surface area contributed by atoms with E-state index in [4.69, 9.17) is 19.9 Å². The second kappa shape index (κ2) is 8.40. The van der Waals surface area contributed by atoms with Crippen molar-refractivity contribution in [1.82, 2.24) is 0 Å². The molecule has 28 heavy (non-hydrogen) atoms. The molecule has 1 heterocycles. The van der Waals surface area contributed by atoms with E-state index in [1.165, 1.54) is 32.7 Å². The highest BCUT2D eigenvalue weighted by Crippen LogP contribution is 2.45. The van der Waals surface area contributed by atoms with Crippen molar-refractivity contribution in [3.05, 3.63) is 32.1 Å². The van der Waals surface area contributed by atoms with Gasteiger partial charge in [0, 0.05) is 4.88 Å². The third kappa shape index (κ3) is 3.56. The topological polar surface area (TPSA) is 99.9 Å². The zero-order valence-corrected chi connectivity index (χ0v) is 18.2. The lowest BCUT2D eigenvalue weighted by Gasteiger charge is -2.16. The van der Waals surface area contributed by atoms with Gasteiger partial charge in [0.05, 0.1) is 36.9 Å². The van der Waals surface area contributed by atoms with Gasteiger partial charge in [-0.2, -0.15) is 0 Å². The van der Waals surface area contributed by atoms with Crippen molar-refractivity contribution in [2.75, 3.05) is 26.6 Å². The van der Waals surface area contributed by atoms with Gasteiger partial charge < -0.3 is 25.3 Å². The molecule has 0 fully saturated rings. The van der Waals surface area contributed by atoms with Crippen LogP contribution in [-0.2, 0) is 12.8 Å². The quantitative estimate of drug-likeness (QED) is 0.671. The summed E-state index contributed by atoms with van der Waals surface area (Å²) < 4.78 is 16.5. The van der Waals surface area contributed by atoms with Crippen LogP contribution in [0.2, 0.25) is 0 Å². The monoisotopic (exact) mass is 468 g/mol. The lowest BCUT2D eigenvalue weighted by atomic mass is 9.95. The molecule has 150 valence electrons. The van der Waals surface area contributed by atoms with Crippen LogP contribution in [0.3, 0.4) is 0 Å². The van der Waals surface area contributed by atoms with Gasteiger partial charge in [-0.25, -0.2) is 0 Å². The third-order valence-electron chi connectivity index (χ3n) is 4.66. The number of benzene rings is 1. The van der Waals surface area contributed by atoms with Crippen LogP contribution in [0.5, 0.6) is 17.2 Å². The zero-order valence-electron chi connectivity index (χ0n) is 15.8. The molecule has 1 aromatic carbocycles. The number of nitrogens with one attached hydrogen (secondary N) is 1. The van der Waals surface area contributed by atoms with Gasteiger partial charge in [-0.15, -0.1) is 11.3 Å². The lowest BCUT2D eigenvalue weighted by Crippen LogP contribution is -2.19. The summed E-state index contributed by atoms with van der Waals surface area (Å²) in [6.07, 6.45) is 3.77. The Morgan fingerprint density at radius 3 is 2.39 bits per heavy atom. The number of primary amides is 1. The summed E-state index contributed by atoms with van der Waals surface area (Å²) in [7, 11) is 4.44. The largest absolute Gasteiger partial charge is 0.493 e. The second-order valence-corrected chi connectivity index (χ2v) is 8.14. The molecule has 2 aromatic rings. The number of hydrogen-bond acceptors (Lipinski definition) is 6. The van der Waals surface area contributed by atoms with Crippen LogP contribution < -0.4 is 25.3 Å². The summed E-state index contributed by atoms with van der Waals surface area (Å²) >= 11 is 4.82. The number of rotatable bonds is 6. The van der Waals surface area contributed by atoms with E-state index >= 15 is 0 Å². The van der Waals surface area contributed by atoms with Crippen LogP contribution in [0.15, 0.2) is 10.5 Å². The predicted molar refractivity (Wildman–Crippen MR) is 111 cm³/mol. The Bertz CT molecular complexity index is 941. The molecule has 0 radical (unpaired) electrons. The number of aryl methyl sites for hydroxylation is 1. The van der Waals surface area contributed by atoms with E-state index in [1.54, 1.807) is 6.07 Å². The number of methoxy groups -OCH3 is 3. The van der Waals surface area contributed by atoms with Crippen LogP contribution >= 0.6 is 27.3 Å². The Labute approximate surface area is 175 Å². The van der Waals surface area contributed by atoms with Crippen molar-refractivity contribution < 1.29 is 23.8 Å². The number of fused-ring (bicyclic) bond motifs is 1. The first-order valence-electron chi connectivity index (χ1n) is 8.67. The summed E-state index contributed by atoms with van der Waals surface area (Å²) in [6, 6.07) is 1.55. The van der Waals surface area contributed by atoms with Crippen molar-refractivity contribution in [3.8, 4) is 17.2 Å². The second-order valence-electron chi connectivity index (χ2n) is 6.24. The first-order chi connectivity index (χ1) is 13.4. The number of nitrogens with two attached hydrogens (primary N) is 1. The molecule has 3 rings (SSSR count). The molecular formula is C19H21BrN2O5S. The Morgan fingerprint density at radius 2 is 1.79 bits per heavy atom. The van der Waals surface area contributed by atoms with E-state index in [1.807, 2.05) is 0 Å². The fraction of sp³-hybridized carbons (Fsp3) is 0.368. The SMILES string of the molecule is COc1cc(C(=O)Nc2sc3c(c2C(N)=O)CCCC3)c(Br)c(OC)c1OC.